The number of hydrogen-bond acceptors (Lipinski definition) is 6. The molecule has 1 aliphatic rings. The summed E-state index contributed by atoms with van der Waals surface area (Å²) in [6.45, 7) is 0. The molecule has 0 spiro atoms. The van der Waals surface area contributed by atoms with Crippen molar-refractivity contribution in [2.24, 2.45) is 5.10 Å². The molecule has 31 heavy (non-hydrogen) atoms. The average Bonchev–Trinajstić information content (AvgIpc) is 3.36. The molecule has 162 valence electrons. The van der Waals surface area contributed by atoms with Crippen LogP contribution in [0, 0.1) is 0 Å². The fourth-order valence-electron chi connectivity index (χ4n) is 2.99. The third-order valence-corrected chi connectivity index (χ3v) is 4.51. The van der Waals surface area contributed by atoms with E-state index in [0.29, 0.717) is 6.07 Å². The highest BCUT2D eigenvalue weighted by molar-refractivity contribution is 6.03. The van der Waals surface area contributed by atoms with E-state index < -0.39 is 41.8 Å². The van der Waals surface area contributed by atoms with Gasteiger partial charge in [-0.25, -0.2) is 9.97 Å². The van der Waals surface area contributed by atoms with Gasteiger partial charge in [0.1, 0.15) is 5.69 Å². The molecule has 0 bridgehead atoms. The Morgan fingerprint density at radius 3 is 2.26 bits per heavy atom. The molecule has 12 heteroatoms. The topological polar surface area (TPSA) is 74.8 Å². The molecule has 0 saturated heterocycles. The molecule has 3 aromatic rings. The zero-order valence-corrected chi connectivity index (χ0v) is 15.3. The van der Waals surface area contributed by atoms with E-state index in [1.807, 2.05) is 0 Å². The van der Waals surface area contributed by atoms with Gasteiger partial charge in [-0.2, -0.15) is 36.5 Å². The fourth-order valence-corrected chi connectivity index (χ4v) is 2.99. The van der Waals surface area contributed by atoms with Crippen molar-refractivity contribution < 1.29 is 35.9 Å². The van der Waals surface area contributed by atoms with Crippen LogP contribution in [-0.2, 0) is 6.18 Å². The largest absolute Gasteiger partial charge is 0.463 e. The van der Waals surface area contributed by atoms with Crippen molar-refractivity contribution in [3.8, 4) is 11.5 Å². The van der Waals surface area contributed by atoms with Gasteiger partial charge in [0.15, 0.2) is 11.5 Å². The van der Waals surface area contributed by atoms with E-state index >= 15 is 0 Å². The molecule has 6 nitrogen and oxygen atoms in total. The Bertz CT molecular complexity index is 1110. The van der Waals surface area contributed by atoms with Crippen molar-refractivity contribution in [3.05, 3.63) is 66.1 Å². The van der Waals surface area contributed by atoms with Crippen molar-refractivity contribution in [2.75, 3.05) is 5.01 Å². The second-order valence-corrected chi connectivity index (χ2v) is 6.63. The standard InChI is InChI=1S/C19H12F6N4O2/c20-18(21,22)15-9-12(14-7-4-8-31-14)26-16(27-15)29-17(30,19(23,24)25)10-13(28-29)11-5-2-1-3-6-11/h1-9,30H,10H2/t17-/m0/s1. The smallest absolute Gasteiger partial charge is 0.438 e. The van der Waals surface area contributed by atoms with Gasteiger partial charge in [-0.05, 0) is 23.8 Å². The molecule has 0 saturated carbocycles. The highest BCUT2D eigenvalue weighted by Gasteiger charge is 2.63. The maximum Gasteiger partial charge on any atom is 0.438 e. The highest BCUT2D eigenvalue weighted by Crippen LogP contribution is 2.43. The Morgan fingerprint density at radius 1 is 0.968 bits per heavy atom. The third kappa shape index (κ3) is 3.74. The van der Waals surface area contributed by atoms with E-state index in [2.05, 4.69) is 15.1 Å². The van der Waals surface area contributed by atoms with Gasteiger partial charge >= 0.3 is 12.4 Å². The lowest BCUT2D eigenvalue weighted by Crippen LogP contribution is -2.55. The second kappa shape index (κ2) is 7.08. The number of alkyl halides is 6. The van der Waals surface area contributed by atoms with Crippen molar-refractivity contribution in [1.82, 2.24) is 9.97 Å². The molecular weight excluding hydrogens is 430 g/mol. The first kappa shape index (κ1) is 20.8. The Morgan fingerprint density at radius 2 is 1.68 bits per heavy atom. The number of hydrogen-bond donors (Lipinski definition) is 1. The maximum absolute atomic E-state index is 13.8. The predicted molar refractivity (Wildman–Crippen MR) is 95.8 cm³/mol. The number of aromatic nitrogens is 2. The van der Waals surface area contributed by atoms with Gasteiger partial charge in [0.05, 0.1) is 18.4 Å². The van der Waals surface area contributed by atoms with E-state index in [1.165, 1.54) is 24.3 Å². The lowest BCUT2D eigenvalue weighted by Gasteiger charge is -2.32. The van der Waals surface area contributed by atoms with Crippen LogP contribution in [0.5, 0.6) is 0 Å². The number of nitrogens with zero attached hydrogens (tertiary/aromatic N) is 4. The Balaban J connectivity index is 1.90. The van der Waals surface area contributed by atoms with Crippen LogP contribution in [0.15, 0.2) is 64.3 Å². The lowest BCUT2D eigenvalue weighted by atomic mass is 10.0. The second-order valence-electron chi connectivity index (χ2n) is 6.63. The Hall–Kier alpha value is -3.41. The normalized spacial score (nSPS) is 19.6. The first-order valence-corrected chi connectivity index (χ1v) is 8.71. The molecular formula is C19H12F6N4O2. The van der Waals surface area contributed by atoms with Crippen molar-refractivity contribution in [3.63, 3.8) is 0 Å². The quantitative estimate of drug-likeness (QED) is 0.600. The Kier molecular flexibility index (Phi) is 4.76. The molecule has 0 amide bonds. The maximum atomic E-state index is 13.8. The van der Waals surface area contributed by atoms with Crippen molar-refractivity contribution >= 4 is 11.7 Å². The van der Waals surface area contributed by atoms with Gasteiger partial charge in [-0.15, -0.1) is 0 Å². The van der Waals surface area contributed by atoms with E-state index in [0.717, 1.165) is 6.26 Å². The SMILES string of the molecule is O[C@]1(C(F)(F)F)CC(c2ccccc2)=NN1c1nc(-c2ccco2)cc(C(F)(F)F)n1. The van der Waals surface area contributed by atoms with Gasteiger partial charge in [-0.3, -0.25) is 0 Å². The number of hydrazone groups is 1. The minimum Gasteiger partial charge on any atom is -0.463 e. The number of furan rings is 1. The Labute approximate surface area is 170 Å². The summed E-state index contributed by atoms with van der Waals surface area (Å²) in [5.74, 6) is -1.21. The van der Waals surface area contributed by atoms with E-state index in [9.17, 15) is 31.4 Å². The molecule has 0 unspecified atom stereocenters. The minimum absolute atomic E-state index is 0.0307. The number of aliphatic hydroxyl groups is 1. The van der Waals surface area contributed by atoms with Gasteiger partial charge in [0.25, 0.3) is 5.72 Å². The summed E-state index contributed by atoms with van der Waals surface area (Å²) in [5, 5.41) is 14.2. The number of rotatable bonds is 3. The molecule has 3 heterocycles. The van der Waals surface area contributed by atoms with E-state index in [1.54, 1.807) is 18.2 Å². The number of anilines is 1. The molecule has 0 fully saturated rings. The van der Waals surface area contributed by atoms with Crippen LogP contribution in [0.2, 0.25) is 0 Å². The summed E-state index contributed by atoms with van der Waals surface area (Å²) in [7, 11) is 0. The molecule has 1 aliphatic heterocycles. The summed E-state index contributed by atoms with van der Waals surface area (Å²) in [4.78, 5) is 6.98. The van der Waals surface area contributed by atoms with Crippen LogP contribution in [0.3, 0.4) is 0 Å². The zero-order valence-electron chi connectivity index (χ0n) is 15.3. The summed E-state index contributed by atoms with van der Waals surface area (Å²) >= 11 is 0. The third-order valence-electron chi connectivity index (χ3n) is 4.51. The van der Waals surface area contributed by atoms with Crippen molar-refractivity contribution in [2.45, 2.75) is 24.5 Å². The van der Waals surface area contributed by atoms with Crippen LogP contribution < -0.4 is 5.01 Å². The average molecular weight is 442 g/mol. The first-order chi connectivity index (χ1) is 14.5. The molecule has 1 aromatic carbocycles. The van der Waals surface area contributed by atoms with Gasteiger partial charge in [0.2, 0.25) is 5.95 Å². The molecule has 1 atom stereocenters. The van der Waals surface area contributed by atoms with Crippen LogP contribution in [-0.4, -0.2) is 32.7 Å². The lowest BCUT2D eigenvalue weighted by molar-refractivity contribution is -0.254. The van der Waals surface area contributed by atoms with Crippen molar-refractivity contribution in [1.29, 1.82) is 0 Å². The zero-order chi connectivity index (χ0) is 22.4. The summed E-state index contributed by atoms with van der Waals surface area (Å²) in [6, 6.07) is 10.8. The molecule has 4 rings (SSSR count). The molecule has 2 aromatic heterocycles. The fraction of sp³-hybridized carbons (Fsp3) is 0.211. The summed E-state index contributed by atoms with van der Waals surface area (Å²) < 4.78 is 86.6. The molecule has 0 aliphatic carbocycles. The minimum atomic E-state index is -5.28. The van der Waals surface area contributed by atoms with Crippen LogP contribution in [0.25, 0.3) is 11.5 Å². The van der Waals surface area contributed by atoms with E-state index in [-0.39, 0.29) is 22.0 Å². The summed E-state index contributed by atoms with van der Waals surface area (Å²) in [5.41, 5.74) is -5.53. The van der Waals surface area contributed by atoms with Crippen LogP contribution in [0.4, 0.5) is 32.3 Å². The number of halogens is 6. The molecule has 0 radical (unpaired) electrons. The van der Waals surface area contributed by atoms with Crippen LogP contribution >= 0.6 is 0 Å². The monoisotopic (exact) mass is 442 g/mol. The van der Waals surface area contributed by atoms with E-state index in [4.69, 9.17) is 4.42 Å². The summed E-state index contributed by atoms with van der Waals surface area (Å²) in [6.07, 6.45) is -10.1. The number of benzene rings is 1. The predicted octanol–water partition coefficient (Wildman–Crippen LogP) is 4.62. The first-order valence-electron chi connectivity index (χ1n) is 8.71. The van der Waals surface area contributed by atoms with Gasteiger partial charge in [0, 0.05) is 0 Å². The highest BCUT2D eigenvalue weighted by atomic mass is 19.4. The van der Waals surface area contributed by atoms with Gasteiger partial charge < -0.3 is 9.52 Å². The van der Waals surface area contributed by atoms with Crippen LogP contribution in [0.1, 0.15) is 17.7 Å². The van der Waals surface area contributed by atoms with Gasteiger partial charge in [-0.1, -0.05) is 30.3 Å². The molecule has 1 N–H and O–H groups in total.